The van der Waals surface area contributed by atoms with Crippen LogP contribution in [0.15, 0.2) is 0 Å². The second-order valence-corrected chi connectivity index (χ2v) is 5.90. The number of Topliss-reactive ketones (excluding diaryl/α,β-unsaturated/α-hetero) is 1. The highest BCUT2D eigenvalue weighted by Gasteiger charge is 2.36. The van der Waals surface area contributed by atoms with E-state index in [2.05, 4.69) is 13.8 Å². The highest BCUT2D eigenvalue weighted by atomic mass is 16.1. The van der Waals surface area contributed by atoms with E-state index >= 15 is 0 Å². The molecule has 15 heavy (non-hydrogen) atoms. The topological polar surface area (TPSA) is 17.1 Å². The number of rotatable bonds is 2. The lowest BCUT2D eigenvalue weighted by atomic mass is 9.70. The van der Waals surface area contributed by atoms with Crippen LogP contribution in [0.2, 0.25) is 0 Å². The minimum Gasteiger partial charge on any atom is -0.299 e. The Labute approximate surface area is 93.6 Å². The summed E-state index contributed by atoms with van der Waals surface area (Å²) in [6, 6.07) is 0. The molecule has 2 saturated carbocycles. The Morgan fingerprint density at radius 2 is 1.80 bits per heavy atom. The summed E-state index contributed by atoms with van der Waals surface area (Å²) in [7, 11) is 0. The molecule has 0 aromatic heterocycles. The molecule has 0 saturated heterocycles. The molecule has 2 aliphatic carbocycles. The fraction of sp³-hybridized carbons (Fsp3) is 0.929. The van der Waals surface area contributed by atoms with Crippen LogP contribution in [0.5, 0.6) is 0 Å². The minimum absolute atomic E-state index is 0.439. The van der Waals surface area contributed by atoms with Gasteiger partial charge >= 0.3 is 0 Å². The van der Waals surface area contributed by atoms with Gasteiger partial charge in [0.25, 0.3) is 0 Å². The van der Waals surface area contributed by atoms with E-state index in [1.165, 1.54) is 32.1 Å². The second-order valence-electron chi connectivity index (χ2n) is 5.90. The molecule has 0 spiro atoms. The van der Waals surface area contributed by atoms with Crippen molar-refractivity contribution in [1.82, 2.24) is 0 Å². The molecule has 2 aliphatic rings. The second kappa shape index (κ2) is 4.67. The Morgan fingerprint density at radius 1 is 1.13 bits per heavy atom. The van der Waals surface area contributed by atoms with Crippen molar-refractivity contribution in [3.8, 4) is 0 Å². The van der Waals surface area contributed by atoms with E-state index in [0.717, 1.165) is 30.6 Å². The molecule has 0 amide bonds. The van der Waals surface area contributed by atoms with Gasteiger partial charge < -0.3 is 0 Å². The molecule has 2 fully saturated rings. The standard InChI is InChI=1S/C14H24O/c1-10(2)12-7-8-14(15)13(9-12)11-5-3-4-6-11/h10-13H,3-9H2,1-2H3. The first-order valence-electron chi connectivity index (χ1n) is 6.71. The Hall–Kier alpha value is -0.330. The fourth-order valence-electron chi connectivity index (χ4n) is 3.51. The first-order chi connectivity index (χ1) is 7.18. The van der Waals surface area contributed by atoms with Gasteiger partial charge in [-0.1, -0.05) is 26.7 Å². The molecular weight excluding hydrogens is 184 g/mol. The summed E-state index contributed by atoms with van der Waals surface area (Å²) in [5.41, 5.74) is 0. The SMILES string of the molecule is CC(C)C1CCC(=O)C(C2CCCC2)C1. The van der Waals surface area contributed by atoms with E-state index in [-0.39, 0.29) is 0 Å². The molecule has 2 rings (SSSR count). The molecule has 0 aromatic rings. The molecule has 0 radical (unpaired) electrons. The van der Waals surface area contributed by atoms with Crippen LogP contribution in [0.1, 0.15) is 58.8 Å². The zero-order valence-corrected chi connectivity index (χ0v) is 10.2. The van der Waals surface area contributed by atoms with E-state index in [9.17, 15) is 4.79 Å². The van der Waals surface area contributed by atoms with Crippen molar-refractivity contribution >= 4 is 5.78 Å². The maximum Gasteiger partial charge on any atom is 0.136 e. The van der Waals surface area contributed by atoms with E-state index in [0.29, 0.717) is 11.7 Å². The summed E-state index contributed by atoms with van der Waals surface area (Å²) in [5, 5.41) is 0. The van der Waals surface area contributed by atoms with E-state index in [4.69, 9.17) is 0 Å². The highest BCUT2D eigenvalue weighted by molar-refractivity contribution is 5.82. The number of carbonyl (C=O) groups excluding carboxylic acids is 1. The van der Waals surface area contributed by atoms with Crippen LogP contribution >= 0.6 is 0 Å². The summed E-state index contributed by atoms with van der Waals surface area (Å²) >= 11 is 0. The average molecular weight is 208 g/mol. The van der Waals surface area contributed by atoms with Gasteiger partial charge in [0.2, 0.25) is 0 Å². The average Bonchev–Trinajstić information content (AvgIpc) is 2.71. The van der Waals surface area contributed by atoms with Gasteiger partial charge in [0.05, 0.1) is 0 Å². The predicted octanol–water partition coefficient (Wildman–Crippen LogP) is 3.82. The van der Waals surface area contributed by atoms with Crippen molar-refractivity contribution < 1.29 is 4.79 Å². The number of ketones is 1. The lowest BCUT2D eigenvalue weighted by Gasteiger charge is -2.33. The number of carbonyl (C=O) groups is 1. The monoisotopic (exact) mass is 208 g/mol. The fourth-order valence-corrected chi connectivity index (χ4v) is 3.51. The number of hydrogen-bond donors (Lipinski definition) is 0. The lowest BCUT2D eigenvalue weighted by molar-refractivity contribution is -0.128. The van der Waals surface area contributed by atoms with Crippen molar-refractivity contribution in [2.75, 3.05) is 0 Å². The zero-order chi connectivity index (χ0) is 10.8. The van der Waals surface area contributed by atoms with Gasteiger partial charge in [-0.2, -0.15) is 0 Å². The smallest absolute Gasteiger partial charge is 0.136 e. The van der Waals surface area contributed by atoms with Crippen molar-refractivity contribution in [3.63, 3.8) is 0 Å². The third-order valence-electron chi connectivity index (χ3n) is 4.64. The Balaban J connectivity index is 1.98. The predicted molar refractivity (Wildman–Crippen MR) is 62.6 cm³/mol. The third-order valence-corrected chi connectivity index (χ3v) is 4.64. The largest absolute Gasteiger partial charge is 0.299 e. The maximum absolute atomic E-state index is 11.9. The van der Waals surface area contributed by atoms with Gasteiger partial charge in [0.1, 0.15) is 5.78 Å². The molecule has 0 aromatic carbocycles. The highest BCUT2D eigenvalue weighted by Crippen LogP contribution is 2.41. The molecular formula is C14H24O. The van der Waals surface area contributed by atoms with Crippen molar-refractivity contribution in [2.45, 2.75) is 58.8 Å². The molecule has 0 bridgehead atoms. The quantitative estimate of drug-likeness (QED) is 0.674. The van der Waals surface area contributed by atoms with Gasteiger partial charge in [-0.15, -0.1) is 0 Å². The Morgan fingerprint density at radius 3 is 2.40 bits per heavy atom. The van der Waals surface area contributed by atoms with Crippen LogP contribution < -0.4 is 0 Å². The van der Waals surface area contributed by atoms with Crippen LogP contribution in [0.3, 0.4) is 0 Å². The maximum atomic E-state index is 11.9. The van der Waals surface area contributed by atoms with Gasteiger partial charge in [0.15, 0.2) is 0 Å². The molecule has 0 heterocycles. The van der Waals surface area contributed by atoms with Crippen molar-refractivity contribution in [1.29, 1.82) is 0 Å². The van der Waals surface area contributed by atoms with Gasteiger partial charge in [0, 0.05) is 12.3 Å². The van der Waals surface area contributed by atoms with Gasteiger partial charge in [-0.3, -0.25) is 4.79 Å². The van der Waals surface area contributed by atoms with Crippen LogP contribution in [0, 0.1) is 23.7 Å². The van der Waals surface area contributed by atoms with Crippen LogP contribution in [0.4, 0.5) is 0 Å². The van der Waals surface area contributed by atoms with Crippen molar-refractivity contribution in [2.24, 2.45) is 23.7 Å². The molecule has 2 atom stereocenters. The summed E-state index contributed by atoms with van der Waals surface area (Å²) in [6.07, 6.45) is 8.58. The summed E-state index contributed by atoms with van der Waals surface area (Å²) in [4.78, 5) is 11.9. The molecule has 1 nitrogen and oxygen atoms in total. The zero-order valence-electron chi connectivity index (χ0n) is 10.2. The van der Waals surface area contributed by atoms with E-state index < -0.39 is 0 Å². The lowest BCUT2D eigenvalue weighted by Crippen LogP contribution is -2.31. The van der Waals surface area contributed by atoms with Crippen LogP contribution in [-0.2, 0) is 4.79 Å². The Kier molecular flexibility index (Phi) is 3.48. The third kappa shape index (κ3) is 2.43. The van der Waals surface area contributed by atoms with Crippen LogP contribution in [-0.4, -0.2) is 5.78 Å². The summed E-state index contributed by atoms with van der Waals surface area (Å²) in [5.74, 6) is 3.35. The van der Waals surface area contributed by atoms with Crippen LogP contribution in [0.25, 0.3) is 0 Å². The van der Waals surface area contributed by atoms with Gasteiger partial charge in [-0.25, -0.2) is 0 Å². The van der Waals surface area contributed by atoms with E-state index in [1.807, 2.05) is 0 Å². The van der Waals surface area contributed by atoms with E-state index in [1.54, 1.807) is 0 Å². The summed E-state index contributed by atoms with van der Waals surface area (Å²) < 4.78 is 0. The number of hydrogen-bond acceptors (Lipinski definition) is 1. The normalized spacial score (nSPS) is 33.9. The summed E-state index contributed by atoms with van der Waals surface area (Å²) in [6.45, 7) is 4.62. The molecule has 0 N–H and O–H groups in total. The molecule has 2 unspecified atom stereocenters. The molecule has 1 heteroatoms. The minimum atomic E-state index is 0.439. The van der Waals surface area contributed by atoms with Gasteiger partial charge in [-0.05, 0) is 43.4 Å². The van der Waals surface area contributed by atoms with Crippen molar-refractivity contribution in [3.05, 3.63) is 0 Å². The first-order valence-corrected chi connectivity index (χ1v) is 6.71. The Bertz CT molecular complexity index is 225. The molecule has 0 aliphatic heterocycles. The first kappa shape index (κ1) is 11.2. The molecule has 86 valence electrons.